The summed E-state index contributed by atoms with van der Waals surface area (Å²) in [5, 5.41) is 5.73. The third-order valence-corrected chi connectivity index (χ3v) is 3.80. The number of hydrogen-bond donors (Lipinski definition) is 2. The summed E-state index contributed by atoms with van der Waals surface area (Å²) in [5.41, 5.74) is 0.424. The van der Waals surface area contributed by atoms with Gasteiger partial charge in [0, 0.05) is 25.9 Å². The molecule has 2 N–H and O–H groups in total. The highest BCUT2D eigenvalue weighted by molar-refractivity contribution is 5.78. The van der Waals surface area contributed by atoms with Crippen molar-refractivity contribution in [2.45, 2.75) is 86.0 Å². The number of amides is 2. The van der Waals surface area contributed by atoms with Gasteiger partial charge in [-0.05, 0) is 30.6 Å². The number of carbonyl (C=O) groups excluding carboxylic acids is 2. The largest absolute Gasteiger partial charge is 0.356 e. The molecule has 0 radical (unpaired) electrons. The molecule has 0 aliphatic heterocycles. The van der Waals surface area contributed by atoms with Crippen molar-refractivity contribution in [3.8, 4) is 0 Å². The summed E-state index contributed by atoms with van der Waals surface area (Å²) in [5.74, 6) is 0.613. The lowest BCUT2D eigenvalue weighted by Gasteiger charge is -2.17. The second-order valence-electron chi connectivity index (χ2n) is 8.11. The van der Waals surface area contributed by atoms with E-state index in [2.05, 4.69) is 45.3 Å². The van der Waals surface area contributed by atoms with Crippen molar-refractivity contribution in [1.29, 1.82) is 0 Å². The Kier molecular flexibility index (Phi) is 11.8. The minimum Gasteiger partial charge on any atom is -0.356 e. The molecule has 0 rings (SSSR count). The minimum absolute atomic E-state index is 0.0313. The van der Waals surface area contributed by atoms with E-state index in [-0.39, 0.29) is 11.8 Å². The molecule has 0 atom stereocenters. The number of hydrogen-bond acceptors (Lipinski definition) is 2. The molecule has 0 spiro atoms. The maximum Gasteiger partial charge on any atom is 0.221 e. The molecule has 136 valence electrons. The fourth-order valence-corrected chi connectivity index (χ4v) is 2.27. The third-order valence-electron chi connectivity index (χ3n) is 3.80. The van der Waals surface area contributed by atoms with Crippen LogP contribution in [-0.4, -0.2) is 24.9 Å². The normalized spacial score (nSPS) is 11.6. The molecule has 0 heterocycles. The van der Waals surface area contributed by atoms with Crippen molar-refractivity contribution in [2.75, 3.05) is 13.1 Å². The molecule has 0 saturated carbocycles. The van der Waals surface area contributed by atoms with Crippen LogP contribution in [0.5, 0.6) is 0 Å². The van der Waals surface area contributed by atoms with Gasteiger partial charge >= 0.3 is 0 Å². The maximum atomic E-state index is 11.6. The molecule has 0 aromatic heterocycles. The summed E-state index contributed by atoms with van der Waals surface area (Å²) in [6.07, 6.45) is 7.78. The van der Waals surface area contributed by atoms with E-state index in [0.717, 1.165) is 19.4 Å². The van der Waals surface area contributed by atoms with Crippen LogP contribution in [0.2, 0.25) is 0 Å². The van der Waals surface area contributed by atoms with E-state index < -0.39 is 0 Å². The summed E-state index contributed by atoms with van der Waals surface area (Å²) < 4.78 is 0. The molecule has 0 saturated heterocycles. The Morgan fingerprint density at radius 3 is 2.00 bits per heavy atom. The lowest BCUT2D eigenvalue weighted by Crippen LogP contribution is -2.31. The first kappa shape index (κ1) is 21.9. The van der Waals surface area contributed by atoms with Gasteiger partial charge in [-0.25, -0.2) is 0 Å². The molecule has 4 heteroatoms. The van der Waals surface area contributed by atoms with Crippen molar-refractivity contribution >= 4 is 11.8 Å². The highest BCUT2D eigenvalue weighted by Gasteiger charge is 2.09. The highest BCUT2D eigenvalue weighted by Crippen LogP contribution is 2.22. The molecule has 0 aromatic carbocycles. The number of nitrogens with one attached hydrogen (secondary N) is 2. The van der Waals surface area contributed by atoms with E-state index in [1.54, 1.807) is 0 Å². The van der Waals surface area contributed by atoms with Crippen molar-refractivity contribution < 1.29 is 9.59 Å². The second-order valence-corrected chi connectivity index (χ2v) is 8.11. The second kappa shape index (κ2) is 12.4. The van der Waals surface area contributed by atoms with Crippen LogP contribution in [0.3, 0.4) is 0 Å². The van der Waals surface area contributed by atoms with Crippen LogP contribution >= 0.6 is 0 Å². The summed E-state index contributed by atoms with van der Waals surface area (Å²) in [7, 11) is 0. The lowest BCUT2D eigenvalue weighted by atomic mass is 9.89. The van der Waals surface area contributed by atoms with E-state index in [9.17, 15) is 9.59 Å². The quantitative estimate of drug-likeness (QED) is 0.532. The standard InChI is InChI=1S/C19H38N2O2/c1-16(2)10-11-17(22)21-15-12-18(23)20-14-9-7-6-8-13-19(3,4)5/h16H,6-15H2,1-5H3,(H,20,23)(H,21,22). The summed E-state index contributed by atoms with van der Waals surface area (Å²) in [6.45, 7) is 12.2. The molecule has 0 unspecified atom stereocenters. The Morgan fingerprint density at radius 2 is 1.39 bits per heavy atom. The SMILES string of the molecule is CC(C)CCC(=O)NCCC(=O)NCCCCCCC(C)(C)C. The van der Waals surface area contributed by atoms with E-state index >= 15 is 0 Å². The Morgan fingerprint density at radius 1 is 0.826 bits per heavy atom. The van der Waals surface area contributed by atoms with Crippen LogP contribution in [0.25, 0.3) is 0 Å². The van der Waals surface area contributed by atoms with Crippen molar-refractivity contribution in [1.82, 2.24) is 10.6 Å². The lowest BCUT2D eigenvalue weighted by molar-refractivity contribution is -0.122. The predicted octanol–water partition coefficient (Wildman–Crippen LogP) is 4.04. The number of rotatable bonds is 12. The number of carbonyl (C=O) groups is 2. The van der Waals surface area contributed by atoms with Crippen LogP contribution in [0.4, 0.5) is 0 Å². The molecule has 4 nitrogen and oxygen atoms in total. The van der Waals surface area contributed by atoms with E-state index in [4.69, 9.17) is 0 Å². The van der Waals surface area contributed by atoms with Crippen LogP contribution in [0.15, 0.2) is 0 Å². The maximum absolute atomic E-state index is 11.6. The van der Waals surface area contributed by atoms with Gasteiger partial charge in [0.15, 0.2) is 0 Å². The first-order valence-electron chi connectivity index (χ1n) is 9.24. The van der Waals surface area contributed by atoms with Gasteiger partial charge in [0.2, 0.25) is 11.8 Å². The van der Waals surface area contributed by atoms with Crippen molar-refractivity contribution in [3.63, 3.8) is 0 Å². The summed E-state index contributed by atoms with van der Waals surface area (Å²) in [4.78, 5) is 23.2. The monoisotopic (exact) mass is 326 g/mol. The summed E-state index contributed by atoms with van der Waals surface area (Å²) in [6, 6.07) is 0. The zero-order valence-corrected chi connectivity index (χ0v) is 16.0. The van der Waals surface area contributed by atoms with Gasteiger partial charge in [-0.3, -0.25) is 9.59 Å². The zero-order chi connectivity index (χ0) is 17.7. The van der Waals surface area contributed by atoms with E-state index in [1.807, 2.05) is 0 Å². The molecule has 0 aromatic rings. The van der Waals surface area contributed by atoms with Crippen LogP contribution in [0, 0.1) is 11.3 Å². The van der Waals surface area contributed by atoms with Gasteiger partial charge in [0.1, 0.15) is 0 Å². The Hall–Kier alpha value is -1.06. The topological polar surface area (TPSA) is 58.2 Å². The number of unbranched alkanes of at least 4 members (excludes halogenated alkanes) is 3. The third kappa shape index (κ3) is 17.1. The van der Waals surface area contributed by atoms with Gasteiger partial charge < -0.3 is 10.6 Å². The predicted molar refractivity (Wildman–Crippen MR) is 97.2 cm³/mol. The van der Waals surface area contributed by atoms with Gasteiger partial charge in [-0.1, -0.05) is 53.9 Å². The fourth-order valence-electron chi connectivity index (χ4n) is 2.27. The Labute approximate surface area is 143 Å². The molecule has 2 amide bonds. The van der Waals surface area contributed by atoms with Crippen molar-refractivity contribution in [3.05, 3.63) is 0 Å². The minimum atomic E-state index is 0.0313. The smallest absolute Gasteiger partial charge is 0.221 e. The van der Waals surface area contributed by atoms with Gasteiger partial charge in [0.05, 0.1) is 0 Å². The van der Waals surface area contributed by atoms with Crippen molar-refractivity contribution in [2.24, 2.45) is 11.3 Å². The first-order valence-corrected chi connectivity index (χ1v) is 9.24. The summed E-state index contributed by atoms with van der Waals surface area (Å²) >= 11 is 0. The highest BCUT2D eigenvalue weighted by atomic mass is 16.2. The first-order chi connectivity index (χ1) is 10.7. The van der Waals surface area contributed by atoms with Gasteiger partial charge in [0.25, 0.3) is 0 Å². The van der Waals surface area contributed by atoms with Gasteiger partial charge in [-0.2, -0.15) is 0 Å². The molecular formula is C19H38N2O2. The van der Waals surface area contributed by atoms with Crippen LogP contribution in [-0.2, 0) is 9.59 Å². The van der Waals surface area contributed by atoms with E-state index in [0.29, 0.717) is 30.7 Å². The average molecular weight is 327 g/mol. The molecular weight excluding hydrogens is 288 g/mol. The zero-order valence-electron chi connectivity index (χ0n) is 16.0. The van der Waals surface area contributed by atoms with E-state index in [1.165, 1.54) is 25.7 Å². The molecule has 23 heavy (non-hydrogen) atoms. The molecule has 0 aliphatic carbocycles. The average Bonchev–Trinajstić information content (AvgIpc) is 2.43. The van der Waals surface area contributed by atoms with Crippen LogP contribution in [0.1, 0.15) is 86.0 Å². The van der Waals surface area contributed by atoms with Gasteiger partial charge in [-0.15, -0.1) is 0 Å². The van der Waals surface area contributed by atoms with Crippen LogP contribution < -0.4 is 10.6 Å². The Balaban J connectivity index is 3.42. The molecule has 0 fully saturated rings. The molecule has 0 bridgehead atoms. The fraction of sp³-hybridized carbons (Fsp3) is 0.895. The Bertz CT molecular complexity index is 333. The molecule has 0 aliphatic rings.